The minimum absolute atomic E-state index is 0.138. The van der Waals surface area contributed by atoms with Gasteiger partial charge in [0.1, 0.15) is 5.75 Å². The molecule has 3 rings (SSSR count). The van der Waals surface area contributed by atoms with Gasteiger partial charge in [-0.1, -0.05) is 6.07 Å². The number of esters is 1. The predicted octanol–water partition coefficient (Wildman–Crippen LogP) is 1.95. The van der Waals surface area contributed by atoms with Crippen LogP contribution in [0.4, 0.5) is 11.4 Å². The number of hydrogen-bond donors (Lipinski definition) is 1. The van der Waals surface area contributed by atoms with Crippen molar-refractivity contribution in [1.82, 2.24) is 0 Å². The average molecular weight is 404 g/mol. The van der Waals surface area contributed by atoms with Crippen molar-refractivity contribution in [3.8, 4) is 5.75 Å². The molecular weight excluding hydrogens is 384 g/mol. The Morgan fingerprint density at radius 1 is 1.18 bits per heavy atom. The van der Waals surface area contributed by atoms with Gasteiger partial charge in [0, 0.05) is 5.69 Å². The second kappa shape index (κ2) is 7.51. The van der Waals surface area contributed by atoms with Crippen molar-refractivity contribution in [1.29, 1.82) is 0 Å². The van der Waals surface area contributed by atoms with Gasteiger partial charge in [-0.25, -0.2) is 13.2 Å². The molecule has 1 aliphatic heterocycles. The van der Waals surface area contributed by atoms with E-state index in [0.717, 1.165) is 11.8 Å². The fourth-order valence-corrected chi connectivity index (χ4v) is 3.75. The summed E-state index contributed by atoms with van der Waals surface area (Å²) in [7, 11) is -2.31. The van der Waals surface area contributed by atoms with E-state index >= 15 is 0 Å². The van der Waals surface area contributed by atoms with Crippen LogP contribution in [0.15, 0.2) is 42.5 Å². The third-order valence-electron chi connectivity index (χ3n) is 4.25. The Balaban J connectivity index is 1.81. The normalized spacial score (nSPS) is 16.0. The van der Waals surface area contributed by atoms with Crippen molar-refractivity contribution in [2.45, 2.75) is 13.0 Å². The lowest BCUT2D eigenvalue weighted by Crippen LogP contribution is -2.48. The zero-order valence-electron chi connectivity index (χ0n) is 15.6. The SMILES string of the molecule is COC(=O)c1ccc(NC(=O)[C@@H]2CN(S(C)(=O)=O)c3cc(C)ccc3O2)cc1. The van der Waals surface area contributed by atoms with Crippen molar-refractivity contribution in [2.24, 2.45) is 0 Å². The molecule has 0 aliphatic carbocycles. The number of fused-ring (bicyclic) bond motifs is 1. The first kappa shape index (κ1) is 19.7. The highest BCUT2D eigenvalue weighted by Gasteiger charge is 2.35. The second-order valence-electron chi connectivity index (χ2n) is 6.43. The van der Waals surface area contributed by atoms with Gasteiger partial charge < -0.3 is 14.8 Å². The Morgan fingerprint density at radius 2 is 1.86 bits per heavy atom. The standard InChI is InChI=1S/C19H20N2O6S/c1-12-4-9-16-15(10-12)21(28(3,24)25)11-17(27-16)18(22)20-14-7-5-13(6-8-14)19(23)26-2/h4-10,17H,11H2,1-3H3,(H,20,22)/t17-/m0/s1. The number of benzene rings is 2. The summed E-state index contributed by atoms with van der Waals surface area (Å²) in [6.07, 6.45) is 0.0653. The highest BCUT2D eigenvalue weighted by Crippen LogP contribution is 2.36. The van der Waals surface area contributed by atoms with Crippen molar-refractivity contribution < 1.29 is 27.5 Å². The summed E-state index contributed by atoms with van der Waals surface area (Å²) < 4.78 is 36.0. The van der Waals surface area contributed by atoms with Gasteiger partial charge in [-0.15, -0.1) is 0 Å². The number of aryl methyl sites for hydroxylation is 1. The van der Waals surface area contributed by atoms with Crippen molar-refractivity contribution in [2.75, 3.05) is 29.5 Å². The van der Waals surface area contributed by atoms with Crippen LogP contribution in [0.2, 0.25) is 0 Å². The van der Waals surface area contributed by atoms with Crippen LogP contribution in [0.5, 0.6) is 5.75 Å². The highest BCUT2D eigenvalue weighted by molar-refractivity contribution is 7.92. The Bertz CT molecular complexity index is 1020. The Morgan fingerprint density at radius 3 is 2.46 bits per heavy atom. The van der Waals surface area contributed by atoms with Crippen LogP contribution < -0.4 is 14.4 Å². The zero-order chi connectivity index (χ0) is 20.5. The van der Waals surface area contributed by atoms with E-state index in [4.69, 9.17) is 4.74 Å². The number of nitrogens with one attached hydrogen (secondary N) is 1. The van der Waals surface area contributed by atoms with Gasteiger partial charge in [-0.3, -0.25) is 9.10 Å². The van der Waals surface area contributed by atoms with Crippen LogP contribution in [-0.4, -0.2) is 46.3 Å². The summed E-state index contributed by atoms with van der Waals surface area (Å²) in [4.78, 5) is 24.1. The number of carbonyl (C=O) groups excluding carboxylic acids is 2. The second-order valence-corrected chi connectivity index (χ2v) is 8.34. The molecule has 1 heterocycles. The Kier molecular flexibility index (Phi) is 5.28. The Labute approximate surface area is 163 Å². The highest BCUT2D eigenvalue weighted by atomic mass is 32.2. The van der Waals surface area contributed by atoms with E-state index < -0.39 is 28.0 Å². The maximum Gasteiger partial charge on any atom is 0.337 e. The van der Waals surface area contributed by atoms with Gasteiger partial charge in [-0.05, 0) is 48.9 Å². The van der Waals surface area contributed by atoms with Gasteiger partial charge in [0.05, 0.1) is 31.2 Å². The van der Waals surface area contributed by atoms with E-state index in [1.54, 1.807) is 30.3 Å². The summed E-state index contributed by atoms with van der Waals surface area (Å²) >= 11 is 0. The largest absolute Gasteiger partial charge is 0.476 e. The van der Waals surface area contributed by atoms with Crippen LogP contribution in [0, 0.1) is 6.92 Å². The number of methoxy groups -OCH3 is 1. The number of rotatable bonds is 4. The molecule has 9 heteroatoms. The molecule has 0 saturated carbocycles. The molecule has 0 fully saturated rings. The summed E-state index contributed by atoms with van der Waals surface area (Å²) in [6.45, 7) is 1.71. The molecular formula is C19H20N2O6S. The fraction of sp³-hybridized carbons (Fsp3) is 0.263. The molecule has 0 saturated heterocycles. The maximum atomic E-state index is 12.6. The molecule has 2 aromatic carbocycles. The van der Waals surface area contributed by atoms with Gasteiger partial charge in [0.2, 0.25) is 10.0 Å². The first-order valence-electron chi connectivity index (χ1n) is 8.43. The molecule has 28 heavy (non-hydrogen) atoms. The summed E-state index contributed by atoms with van der Waals surface area (Å²) in [5.74, 6) is -0.654. The average Bonchev–Trinajstić information content (AvgIpc) is 2.66. The molecule has 0 bridgehead atoms. The Hall–Kier alpha value is -3.07. The summed E-state index contributed by atoms with van der Waals surface area (Å²) in [5, 5.41) is 2.67. The smallest absolute Gasteiger partial charge is 0.337 e. The van der Waals surface area contributed by atoms with Crippen LogP contribution in [0.1, 0.15) is 15.9 Å². The molecule has 1 aliphatic rings. The van der Waals surface area contributed by atoms with Gasteiger partial charge in [0.25, 0.3) is 5.91 Å². The molecule has 1 atom stereocenters. The van der Waals surface area contributed by atoms with Gasteiger partial charge in [0.15, 0.2) is 6.10 Å². The van der Waals surface area contributed by atoms with Crippen molar-refractivity contribution >= 4 is 33.3 Å². The molecule has 2 aromatic rings. The van der Waals surface area contributed by atoms with E-state index in [0.29, 0.717) is 22.7 Å². The molecule has 0 spiro atoms. The number of amides is 1. The first-order chi connectivity index (χ1) is 13.2. The number of hydrogen-bond acceptors (Lipinski definition) is 6. The fourth-order valence-electron chi connectivity index (χ4n) is 2.84. The zero-order valence-corrected chi connectivity index (χ0v) is 16.4. The van der Waals surface area contributed by atoms with Crippen molar-refractivity contribution in [3.63, 3.8) is 0 Å². The minimum atomic E-state index is -3.59. The number of sulfonamides is 1. The molecule has 148 valence electrons. The maximum absolute atomic E-state index is 12.6. The number of nitrogens with zero attached hydrogens (tertiary/aromatic N) is 1. The topological polar surface area (TPSA) is 102 Å². The summed E-state index contributed by atoms with van der Waals surface area (Å²) in [5.41, 5.74) is 2.09. The molecule has 0 radical (unpaired) electrons. The summed E-state index contributed by atoms with van der Waals surface area (Å²) in [6, 6.07) is 11.3. The molecule has 1 amide bonds. The molecule has 1 N–H and O–H groups in total. The molecule has 8 nitrogen and oxygen atoms in total. The lowest BCUT2D eigenvalue weighted by molar-refractivity contribution is -0.122. The number of carbonyl (C=O) groups is 2. The monoisotopic (exact) mass is 404 g/mol. The van der Waals surface area contributed by atoms with E-state index in [1.165, 1.54) is 23.5 Å². The van der Waals surface area contributed by atoms with E-state index in [1.807, 2.05) is 6.92 Å². The van der Waals surface area contributed by atoms with Gasteiger partial charge in [-0.2, -0.15) is 0 Å². The predicted molar refractivity (Wildman–Crippen MR) is 104 cm³/mol. The van der Waals surface area contributed by atoms with Crippen LogP contribution in [0.3, 0.4) is 0 Å². The van der Waals surface area contributed by atoms with Crippen LogP contribution in [-0.2, 0) is 19.6 Å². The quantitative estimate of drug-likeness (QED) is 0.782. The van der Waals surface area contributed by atoms with E-state index in [9.17, 15) is 18.0 Å². The molecule has 0 aromatic heterocycles. The number of anilines is 2. The van der Waals surface area contributed by atoms with Crippen molar-refractivity contribution in [3.05, 3.63) is 53.6 Å². The lowest BCUT2D eigenvalue weighted by atomic mass is 10.1. The van der Waals surface area contributed by atoms with E-state index in [2.05, 4.69) is 10.1 Å². The number of ether oxygens (including phenoxy) is 2. The van der Waals surface area contributed by atoms with Crippen LogP contribution in [0.25, 0.3) is 0 Å². The minimum Gasteiger partial charge on any atom is -0.476 e. The third-order valence-corrected chi connectivity index (χ3v) is 5.40. The third kappa shape index (κ3) is 4.09. The van der Waals surface area contributed by atoms with Crippen LogP contribution >= 0.6 is 0 Å². The first-order valence-corrected chi connectivity index (χ1v) is 10.3. The van der Waals surface area contributed by atoms with Gasteiger partial charge >= 0.3 is 5.97 Å². The van der Waals surface area contributed by atoms with E-state index in [-0.39, 0.29) is 6.54 Å². The lowest BCUT2D eigenvalue weighted by Gasteiger charge is -2.34. The molecule has 0 unspecified atom stereocenters.